The fourth-order valence-electron chi connectivity index (χ4n) is 3.80. The van der Waals surface area contributed by atoms with Gasteiger partial charge < -0.3 is 20.4 Å². The molecule has 192 valence electrons. The summed E-state index contributed by atoms with van der Waals surface area (Å²) in [5, 5.41) is 6.71. The Morgan fingerprint density at radius 2 is 1.50 bits per heavy atom. The van der Waals surface area contributed by atoms with Crippen LogP contribution in [0.25, 0.3) is 0 Å². The van der Waals surface area contributed by atoms with Crippen LogP contribution in [0.1, 0.15) is 26.3 Å². The SMILES string of the molecule is Cc1ccc(Nc2ccc(N3CCN(C)CC3)cc2)nc1Nc1cccc(NS(=O)(=O)C(C)(C)C)c1. The fourth-order valence-corrected chi connectivity index (χ4v) is 4.54. The van der Waals surface area contributed by atoms with Crippen molar-refractivity contribution in [1.29, 1.82) is 0 Å². The van der Waals surface area contributed by atoms with Gasteiger partial charge >= 0.3 is 0 Å². The molecule has 0 radical (unpaired) electrons. The van der Waals surface area contributed by atoms with E-state index in [9.17, 15) is 8.42 Å². The lowest BCUT2D eigenvalue weighted by Crippen LogP contribution is -2.44. The molecule has 0 aliphatic carbocycles. The van der Waals surface area contributed by atoms with Crippen LogP contribution in [0.15, 0.2) is 60.7 Å². The zero-order valence-electron chi connectivity index (χ0n) is 21.7. The molecule has 1 aromatic heterocycles. The van der Waals surface area contributed by atoms with E-state index in [0.717, 1.165) is 48.9 Å². The first-order chi connectivity index (χ1) is 17.0. The highest BCUT2D eigenvalue weighted by Gasteiger charge is 2.28. The first kappa shape index (κ1) is 25.8. The van der Waals surface area contributed by atoms with Gasteiger partial charge in [-0.3, -0.25) is 4.72 Å². The van der Waals surface area contributed by atoms with E-state index < -0.39 is 14.8 Å². The molecule has 9 heteroatoms. The number of benzene rings is 2. The van der Waals surface area contributed by atoms with Gasteiger partial charge in [-0.1, -0.05) is 12.1 Å². The van der Waals surface area contributed by atoms with Crippen molar-refractivity contribution in [1.82, 2.24) is 9.88 Å². The van der Waals surface area contributed by atoms with Gasteiger partial charge in [-0.05, 0) is 88.8 Å². The molecule has 2 aromatic carbocycles. The zero-order valence-corrected chi connectivity index (χ0v) is 22.5. The molecule has 0 amide bonds. The smallest absolute Gasteiger partial charge is 0.237 e. The maximum absolute atomic E-state index is 12.5. The van der Waals surface area contributed by atoms with Crippen molar-refractivity contribution < 1.29 is 8.42 Å². The second-order valence-corrected chi connectivity index (χ2v) is 12.7. The van der Waals surface area contributed by atoms with Crippen molar-refractivity contribution in [2.24, 2.45) is 0 Å². The summed E-state index contributed by atoms with van der Waals surface area (Å²) in [4.78, 5) is 9.51. The zero-order chi connectivity index (χ0) is 25.9. The summed E-state index contributed by atoms with van der Waals surface area (Å²) in [6, 6.07) is 19.6. The van der Waals surface area contributed by atoms with Gasteiger partial charge in [0.1, 0.15) is 11.6 Å². The predicted molar refractivity (Wildman–Crippen MR) is 150 cm³/mol. The normalized spacial score (nSPS) is 15.0. The predicted octanol–water partition coefficient (Wildman–Crippen LogP) is 5.17. The summed E-state index contributed by atoms with van der Waals surface area (Å²) in [5.41, 5.74) is 4.42. The average Bonchev–Trinajstić information content (AvgIpc) is 2.82. The van der Waals surface area contributed by atoms with E-state index in [2.05, 4.69) is 56.5 Å². The number of anilines is 6. The van der Waals surface area contributed by atoms with Crippen LogP contribution in [0.4, 0.5) is 34.4 Å². The van der Waals surface area contributed by atoms with Crippen LogP contribution in [0.5, 0.6) is 0 Å². The van der Waals surface area contributed by atoms with Crippen molar-refractivity contribution in [2.75, 3.05) is 53.5 Å². The van der Waals surface area contributed by atoms with Crippen molar-refractivity contribution in [3.63, 3.8) is 0 Å². The number of rotatable bonds is 7. The van der Waals surface area contributed by atoms with E-state index in [0.29, 0.717) is 11.5 Å². The monoisotopic (exact) mass is 508 g/mol. The van der Waals surface area contributed by atoms with Gasteiger partial charge in [0.05, 0.1) is 10.4 Å². The summed E-state index contributed by atoms with van der Waals surface area (Å²) in [5.74, 6) is 1.42. The molecule has 3 N–H and O–H groups in total. The Morgan fingerprint density at radius 1 is 0.833 bits per heavy atom. The van der Waals surface area contributed by atoms with E-state index in [1.165, 1.54) is 5.69 Å². The Kier molecular flexibility index (Phi) is 7.42. The number of piperazine rings is 1. The molecule has 8 nitrogen and oxygen atoms in total. The molecule has 1 fully saturated rings. The molecule has 0 atom stereocenters. The van der Waals surface area contributed by atoms with Gasteiger partial charge in [-0.15, -0.1) is 0 Å². The van der Waals surface area contributed by atoms with Gasteiger partial charge in [-0.25, -0.2) is 13.4 Å². The van der Waals surface area contributed by atoms with Crippen LogP contribution in [-0.2, 0) is 10.0 Å². The lowest BCUT2D eigenvalue weighted by molar-refractivity contribution is 0.313. The van der Waals surface area contributed by atoms with Crippen LogP contribution < -0.4 is 20.3 Å². The summed E-state index contributed by atoms with van der Waals surface area (Å²) < 4.78 is 26.8. The lowest BCUT2D eigenvalue weighted by Gasteiger charge is -2.34. The number of nitrogens with zero attached hydrogens (tertiary/aromatic N) is 3. The maximum atomic E-state index is 12.5. The largest absolute Gasteiger partial charge is 0.369 e. The number of hydrogen-bond acceptors (Lipinski definition) is 7. The quantitative estimate of drug-likeness (QED) is 0.406. The lowest BCUT2D eigenvalue weighted by atomic mass is 10.2. The molecule has 1 aliphatic rings. The van der Waals surface area contributed by atoms with Gasteiger partial charge in [0.2, 0.25) is 10.0 Å². The molecular formula is C27H36N6O2S. The van der Waals surface area contributed by atoms with Crippen LogP contribution >= 0.6 is 0 Å². The Labute approximate surface area is 214 Å². The Bertz CT molecular complexity index is 1290. The molecular weight excluding hydrogens is 472 g/mol. The van der Waals surface area contributed by atoms with Crippen LogP contribution in [-0.4, -0.2) is 56.3 Å². The molecule has 36 heavy (non-hydrogen) atoms. The Balaban J connectivity index is 1.45. The molecule has 3 aromatic rings. The second kappa shape index (κ2) is 10.4. The van der Waals surface area contributed by atoms with Crippen molar-refractivity contribution >= 4 is 44.4 Å². The first-order valence-corrected chi connectivity index (χ1v) is 13.7. The minimum atomic E-state index is -3.51. The molecule has 0 bridgehead atoms. The van der Waals surface area contributed by atoms with Crippen LogP contribution in [0, 0.1) is 6.92 Å². The minimum Gasteiger partial charge on any atom is -0.369 e. The van der Waals surface area contributed by atoms with Gasteiger partial charge in [0.25, 0.3) is 0 Å². The second-order valence-electron chi connectivity index (χ2n) is 10.2. The number of nitrogens with one attached hydrogen (secondary N) is 3. The number of hydrogen-bond donors (Lipinski definition) is 3. The van der Waals surface area contributed by atoms with E-state index in [4.69, 9.17) is 4.98 Å². The highest BCUT2D eigenvalue weighted by molar-refractivity contribution is 7.94. The number of sulfonamides is 1. The molecule has 0 saturated carbocycles. The summed E-state index contributed by atoms with van der Waals surface area (Å²) in [6.45, 7) is 11.2. The molecule has 1 aliphatic heterocycles. The highest BCUT2D eigenvalue weighted by atomic mass is 32.2. The van der Waals surface area contributed by atoms with Gasteiger partial charge in [-0.2, -0.15) is 0 Å². The molecule has 2 heterocycles. The topological polar surface area (TPSA) is 89.6 Å². The van der Waals surface area contributed by atoms with E-state index in [-0.39, 0.29) is 0 Å². The average molecular weight is 509 g/mol. The van der Waals surface area contributed by atoms with Crippen molar-refractivity contribution in [3.05, 3.63) is 66.2 Å². The van der Waals surface area contributed by atoms with Crippen molar-refractivity contribution in [3.8, 4) is 0 Å². The molecule has 4 rings (SSSR count). The first-order valence-electron chi connectivity index (χ1n) is 12.2. The van der Waals surface area contributed by atoms with Gasteiger partial charge in [0, 0.05) is 43.2 Å². The standard InChI is InChI=1S/C27H36N6O2S/c1-20-9-14-25(28-21-10-12-24(13-11-21)33-17-15-32(5)16-18-33)30-26(20)29-22-7-6-8-23(19-22)31-36(34,35)27(2,3)4/h6-14,19,31H,15-18H2,1-5H3,(H2,28,29,30). The number of aryl methyl sites for hydroxylation is 1. The molecule has 1 saturated heterocycles. The van der Waals surface area contributed by atoms with E-state index in [1.54, 1.807) is 32.9 Å². The summed E-state index contributed by atoms with van der Waals surface area (Å²) in [6.07, 6.45) is 0. The number of likely N-dealkylation sites (N-methyl/N-ethyl adjacent to an activating group) is 1. The summed E-state index contributed by atoms with van der Waals surface area (Å²) in [7, 11) is -1.35. The van der Waals surface area contributed by atoms with E-state index >= 15 is 0 Å². The molecule has 0 unspecified atom stereocenters. The third-order valence-corrected chi connectivity index (χ3v) is 8.41. The third-order valence-electron chi connectivity index (χ3n) is 6.29. The van der Waals surface area contributed by atoms with Crippen LogP contribution in [0.2, 0.25) is 0 Å². The Hall–Kier alpha value is -3.30. The number of aromatic nitrogens is 1. The Morgan fingerprint density at radius 3 is 2.17 bits per heavy atom. The minimum absolute atomic E-state index is 0.502. The number of pyridine rings is 1. The fraction of sp³-hybridized carbons (Fsp3) is 0.370. The van der Waals surface area contributed by atoms with Gasteiger partial charge in [0.15, 0.2) is 0 Å². The van der Waals surface area contributed by atoms with Crippen molar-refractivity contribution in [2.45, 2.75) is 32.4 Å². The summed E-state index contributed by atoms with van der Waals surface area (Å²) >= 11 is 0. The van der Waals surface area contributed by atoms with E-state index in [1.807, 2.05) is 31.2 Å². The maximum Gasteiger partial charge on any atom is 0.237 e. The third kappa shape index (κ3) is 6.27. The van der Waals surface area contributed by atoms with Crippen LogP contribution in [0.3, 0.4) is 0 Å². The molecule has 0 spiro atoms. The highest BCUT2D eigenvalue weighted by Crippen LogP contribution is 2.27.